The van der Waals surface area contributed by atoms with Crippen molar-refractivity contribution in [3.63, 3.8) is 0 Å². The summed E-state index contributed by atoms with van der Waals surface area (Å²) in [5.41, 5.74) is 1.74. The lowest BCUT2D eigenvalue weighted by atomic mass is 9.95. The van der Waals surface area contributed by atoms with Crippen LogP contribution in [0.15, 0.2) is 63.9 Å². The lowest BCUT2D eigenvalue weighted by Gasteiger charge is -2.37. The highest BCUT2D eigenvalue weighted by Gasteiger charge is 2.36. The Bertz CT molecular complexity index is 1060. The number of sulfonamides is 1. The van der Waals surface area contributed by atoms with Gasteiger partial charge in [-0.1, -0.05) is 42.5 Å². The van der Waals surface area contributed by atoms with Gasteiger partial charge in [0.05, 0.1) is 5.92 Å². The average molecular weight is 426 g/mol. The van der Waals surface area contributed by atoms with E-state index in [2.05, 4.69) is 4.40 Å². The summed E-state index contributed by atoms with van der Waals surface area (Å²) in [4.78, 5) is 17.6. The molecule has 30 heavy (non-hydrogen) atoms. The normalized spacial score (nSPS) is 20.0. The van der Waals surface area contributed by atoms with Gasteiger partial charge in [0.15, 0.2) is 5.84 Å². The Morgan fingerprint density at radius 2 is 1.83 bits per heavy atom. The Kier molecular flexibility index (Phi) is 5.64. The fourth-order valence-corrected chi connectivity index (χ4v) is 5.44. The van der Waals surface area contributed by atoms with Gasteiger partial charge >= 0.3 is 0 Å². The molecule has 0 N–H and O–H groups in total. The molecule has 2 aliphatic rings. The number of hydrogen-bond donors (Lipinski definition) is 0. The van der Waals surface area contributed by atoms with Crippen LogP contribution in [0, 0.1) is 5.92 Å². The minimum absolute atomic E-state index is 0.0815. The van der Waals surface area contributed by atoms with Crippen molar-refractivity contribution in [2.75, 3.05) is 13.1 Å². The number of likely N-dealkylation sites (tertiary alicyclic amines) is 1. The van der Waals surface area contributed by atoms with Gasteiger partial charge in [-0.15, -0.1) is 4.40 Å². The summed E-state index contributed by atoms with van der Waals surface area (Å²) in [6.07, 6.45) is 1.63. The number of benzene rings is 2. The topological polar surface area (TPSA) is 70.1 Å². The predicted molar refractivity (Wildman–Crippen MR) is 117 cm³/mol. The van der Waals surface area contributed by atoms with Crippen molar-refractivity contribution in [1.82, 2.24) is 9.80 Å². The number of rotatable bonds is 4. The molecule has 0 aliphatic carbocycles. The van der Waals surface area contributed by atoms with Crippen LogP contribution < -0.4 is 0 Å². The van der Waals surface area contributed by atoms with E-state index < -0.39 is 10.0 Å². The molecule has 1 unspecified atom stereocenters. The molecule has 4 rings (SSSR count). The SMILES string of the molecule is CC(C)N(Cc1ccccc1)C(=O)C1CCCN(C2=NS(=O)(=O)c3ccccc32)C1. The van der Waals surface area contributed by atoms with Gasteiger partial charge in [-0.3, -0.25) is 4.79 Å². The zero-order chi connectivity index (χ0) is 21.3. The highest BCUT2D eigenvalue weighted by atomic mass is 32.2. The predicted octanol–water partition coefficient (Wildman–Crippen LogP) is 3.28. The standard InChI is InChI=1S/C23H27N3O3S/c1-17(2)26(15-18-9-4-3-5-10-18)23(27)19-11-8-14-25(16-19)22-20-12-6-7-13-21(20)30(28,29)24-22/h3-7,9-10,12-13,17,19H,8,11,14-16H2,1-2H3. The molecule has 2 heterocycles. The summed E-state index contributed by atoms with van der Waals surface area (Å²) in [6.45, 7) is 5.83. The third-order valence-electron chi connectivity index (χ3n) is 5.78. The highest BCUT2D eigenvalue weighted by molar-refractivity contribution is 7.90. The minimum atomic E-state index is -3.66. The van der Waals surface area contributed by atoms with Crippen LogP contribution >= 0.6 is 0 Å². The van der Waals surface area contributed by atoms with E-state index in [4.69, 9.17) is 0 Å². The third-order valence-corrected chi connectivity index (χ3v) is 7.11. The summed E-state index contributed by atoms with van der Waals surface area (Å²) in [6, 6.07) is 17.0. The van der Waals surface area contributed by atoms with Gasteiger partial charge in [-0.05, 0) is 44.4 Å². The molecule has 0 aromatic heterocycles. The molecule has 158 valence electrons. The van der Waals surface area contributed by atoms with Gasteiger partial charge in [-0.25, -0.2) is 0 Å². The number of carbonyl (C=O) groups excluding carboxylic acids is 1. The summed E-state index contributed by atoms with van der Waals surface area (Å²) in [5, 5.41) is 0. The molecule has 6 nitrogen and oxygen atoms in total. The third kappa shape index (κ3) is 3.99. The molecule has 1 fully saturated rings. The molecule has 2 aromatic rings. The molecule has 1 amide bonds. The first-order valence-corrected chi connectivity index (χ1v) is 11.8. The Morgan fingerprint density at radius 1 is 1.13 bits per heavy atom. The lowest BCUT2D eigenvalue weighted by molar-refractivity contribution is -0.139. The molecular weight excluding hydrogens is 398 g/mol. The van der Waals surface area contributed by atoms with E-state index in [1.165, 1.54) is 0 Å². The van der Waals surface area contributed by atoms with Crippen LogP contribution in [0.4, 0.5) is 0 Å². The molecule has 0 radical (unpaired) electrons. The Balaban J connectivity index is 1.54. The number of nitrogens with zero attached hydrogens (tertiary/aromatic N) is 3. The second-order valence-corrected chi connectivity index (χ2v) is 9.79. The Morgan fingerprint density at radius 3 is 2.57 bits per heavy atom. The smallest absolute Gasteiger partial charge is 0.285 e. The molecular formula is C23H27N3O3S. The molecule has 0 saturated carbocycles. The van der Waals surface area contributed by atoms with Crippen LogP contribution in [-0.4, -0.2) is 49.1 Å². The average Bonchev–Trinajstić information content (AvgIpc) is 3.03. The van der Waals surface area contributed by atoms with Crippen molar-refractivity contribution >= 4 is 21.8 Å². The van der Waals surface area contributed by atoms with Crippen LogP contribution in [0.1, 0.15) is 37.8 Å². The quantitative estimate of drug-likeness (QED) is 0.754. The summed E-state index contributed by atoms with van der Waals surface area (Å²) in [7, 11) is -3.66. The maximum Gasteiger partial charge on any atom is 0.285 e. The van der Waals surface area contributed by atoms with E-state index >= 15 is 0 Å². The maximum absolute atomic E-state index is 13.4. The van der Waals surface area contributed by atoms with Gasteiger partial charge in [-0.2, -0.15) is 8.42 Å². The summed E-state index contributed by atoms with van der Waals surface area (Å²) >= 11 is 0. The van der Waals surface area contributed by atoms with Crippen molar-refractivity contribution in [3.05, 3.63) is 65.7 Å². The molecule has 0 spiro atoms. The van der Waals surface area contributed by atoms with E-state index in [0.29, 0.717) is 31.0 Å². The van der Waals surface area contributed by atoms with Crippen molar-refractivity contribution in [3.8, 4) is 0 Å². The van der Waals surface area contributed by atoms with Gasteiger partial charge in [0.25, 0.3) is 10.0 Å². The van der Waals surface area contributed by atoms with E-state index in [1.54, 1.807) is 18.2 Å². The zero-order valence-electron chi connectivity index (χ0n) is 17.4. The van der Waals surface area contributed by atoms with E-state index in [0.717, 1.165) is 18.4 Å². The van der Waals surface area contributed by atoms with E-state index in [9.17, 15) is 13.2 Å². The van der Waals surface area contributed by atoms with Crippen LogP contribution in [0.5, 0.6) is 0 Å². The largest absolute Gasteiger partial charge is 0.355 e. The van der Waals surface area contributed by atoms with Gasteiger partial charge in [0.2, 0.25) is 5.91 Å². The fraction of sp³-hybridized carbons (Fsp3) is 0.391. The van der Waals surface area contributed by atoms with Gasteiger partial charge in [0, 0.05) is 31.2 Å². The Labute approximate surface area is 178 Å². The van der Waals surface area contributed by atoms with Gasteiger partial charge in [0.1, 0.15) is 4.90 Å². The molecule has 1 saturated heterocycles. The number of fused-ring (bicyclic) bond motifs is 1. The van der Waals surface area contributed by atoms with E-state index in [1.807, 2.05) is 60.0 Å². The highest BCUT2D eigenvalue weighted by Crippen LogP contribution is 2.30. The zero-order valence-corrected chi connectivity index (χ0v) is 18.2. The first-order chi connectivity index (χ1) is 14.4. The minimum Gasteiger partial charge on any atom is -0.355 e. The second kappa shape index (κ2) is 8.22. The number of amides is 1. The van der Waals surface area contributed by atoms with Crippen molar-refractivity contribution in [2.45, 2.75) is 44.2 Å². The van der Waals surface area contributed by atoms with Crippen LogP contribution in [0.25, 0.3) is 0 Å². The number of amidine groups is 1. The molecule has 2 aliphatic heterocycles. The lowest BCUT2D eigenvalue weighted by Crippen LogP contribution is -2.48. The summed E-state index contributed by atoms with van der Waals surface area (Å²) < 4.78 is 28.9. The monoisotopic (exact) mass is 425 g/mol. The Hall–Kier alpha value is -2.67. The summed E-state index contributed by atoms with van der Waals surface area (Å²) in [5.74, 6) is 0.415. The first kappa shape index (κ1) is 20.6. The van der Waals surface area contributed by atoms with Crippen molar-refractivity contribution in [1.29, 1.82) is 0 Å². The molecule has 7 heteroatoms. The van der Waals surface area contributed by atoms with Gasteiger partial charge < -0.3 is 9.80 Å². The molecule has 0 bridgehead atoms. The van der Waals surface area contributed by atoms with Crippen LogP contribution in [0.2, 0.25) is 0 Å². The second-order valence-electron chi connectivity index (χ2n) is 8.22. The number of hydrogen-bond acceptors (Lipinski definition) is 4. The van der Waals surface area contributed by atoms with Crippen molar-refractivity contribution in [2.24, 2.45) is 10.3 Å². The number of piperidine rings is 1. The maximum atomic E-state index is 13.4. The number of carbonyl (C=O) groups is 1. The van der Waals surface area contributed by atoms with Crippen molar-refractivity contribution < 1.29 is 13.2 Å². The first-order valence-electron chi connectivity index (χ1n) is 10.4. The van der Waals surface area contributed by atoms with E-state index in [-0.39, 0.29) is 22.8 Å². The molecule has 2 aromatic carbocycles. The fourth-order valence-electron chi connectivity index (χ4n) is 4.22. The van der Waals surface area contributed by atoms with Crippen LogP contribution in [-0.2, 0) is 21.4 Å². The molecule has 1 atom stereocenters. The van der Waals surface area contributed by atoms with Crippen LogP contribution in [0.3, 0.4) is 0 Å².